The van der Waals surface area contributed by atoms with Crippen molar-refractivity contribution in [3.05, 3.63) is 29.0 Å². The average Bonchev–Trinajstić information content (AvgIpc) is 2.33. The minimum absolute atomic E-state index is 0.0312. The molecule has 1 unspecified atom stereocenters. The van der Waals surface area contributed by atoms with Crippen LogP contribution >= 0.6 is 11.6 Å². The van der Waals surface area contributed by atoms with Crippen LogP contribution < -0.4 is 10.6 Å². The molecule has 1 atom stereocenters. The Morgan fingerprint density at radius 2 is 2.16 bits per heavy atom. The van der Waals surface area contributed by atoms with Crippen LogP contribution in [0, 0.1) is 11.7 Å². The summed E-state index contributed by atoms with van der Waals surface area (Å²) in [4.78, 5) is 22.0. The maximum absolute atomic E-state index is 13.3. The summed E-state index contributed by atoms with van der Waals surface area (Å²) in [6, 6.07) is 3.19. The lowest BCUT2D eigenvalue weighted by atomic mass is 10.1. The second-order valence-electron chi connectivity index (χ2n) is 4.03. The number of carboxylic acid groups (broad SMARTS) is 1. The minimum atomic E-state index is -0.928. The number of halogens is 2. The Kier molecular flexibility index (Phi) is 5.57. The number of hydrogen-bond donors (Lipinski definition) is 3. The van der Waals surface area contributed by atoms with Gasteiger partial charge in [-0.2, -0.15) is 0 Å². The third-order valence-electron chi connectivity index (χ3n) is 2.46. The number of hydrogen-bond acceptors (Lipinski definition) is 2. The summed E-state index contributed by atoms with van der Waals surface area (Å²) in [5.74, 6) is -2.08. The highest BCUT2D eigenvalue weighted by Crippen LogP contribution is 2.19. The number of amides is 2. The Morgan fingerprint density at radius 1 is 1.47 bits per heavy atom. The highest BCUT2D eigenvalue weighted by Gasteiger charge is 2.11. The molecule has 1 aromatic carbocycles. The molecule has 7 heteroatoms. The minimum Gasteiger partial charge on any atom is -0.481 e. The van der Waals surface area contributed by atoms with Crippen molar-refractivity contribution in [2.24, 2.45) is 5.92 Å². The van der Waals surface area contributed by atoms with E-state index in [2.05, 4.69) is 10.6 Å². The highest BCUT2D eigenvalue weighted by atomic mass is 35.5. The van der Waals surface area contributed by atoms with E-state index in [4.69, 9.17) is 16.7 Å². The van der Waals surface area contributed by atoms with Crippen molar-refractivity contribution in [3.63, 3.8) is 0 Å². The van der Waals surface area contributed by atoms with Gasteiger partial charge in [0, 0.05) is 11.6 Å². The van der Waals surface area contributed by atoms with E-state index in [1.165, 1.54) is 12.1 Å². The second-order valence-corrected chi connectivity index (χ2v) is 4.47. The molecule has 19 heavy (non-hydrogen) atoms. The van der Waals surface area contributed by atoms with Crippen LogP contribution in [0.2, 0.25) is 5.02 Å². The van der Waals surface area contributed by atoms with E-state index in [9.17, 15) is 14.0 Å². The number of anilines is 1. The van der Waals surface area contributed by atoms with Crippen LogP contribution in [0.1, 0.15) is 13.3 Å². The van der Waals surface area contributed by atoms with E-state index in [-0.39, 0.29) is 12.2 Å². The van der Waals surface area contributed by atoms with Gasteiger partial charge in [-0.1, -0.05) is 18.5 Å². The van der Waals surface area contributed by atoms with Gasteiger partial charge in [0.25, 0.3) is 0 Å². The highest BCUT2D eigenvalue weighted by molar-refractivity contribution is 6.30. The Morgan fingerprint density at radius 3 is 2.79 bits per heavy atom. The van der Waals surface area contributed by atoms with E-state index in [0.29, 0.717) is 11.4 Å². The second kappa shape index (κ2) is 6.94. The molecule has 0 aliphatic carbocycles. The SMILES string of the molecule is CC(CCNC(=O)Nc1cc(Cl)ccc1F)C(=O)O. The van der Waals surface area contributed by atoms with Gasteiger partial charge < -0.3 is 15.7 Å². The maximum Gasteiger partial charge on any atom is 0.319 e. The molecule has 0 aromatic heterocycles. The van der Waals surface area contributed by atoms with Crippen molar-refractivity contribution in [2.75, 3.05) is 11.9 Å². The zero-order valence-electron chi connectivity index (χ0n) is 10.2. The molecule has 0 bridgehead atoms. The van der Waals surface area contributed by atoms with Gasteiger partial charge in [-0.15, -0.1) is 0 Å². The standard InChI is InChI=1S/C12H14ClFN2O3/c1-7(11(17)18)4-5-15-12(19)16-10-6-8(13)2-3-9(10)14/h2-3,6-7H,4-5H2,1H3,(H,17,18)(H2,15,16,19). The van der Waals surface area contributed by atoms with Crippen LogP contribution in [0.15, 0.2) is 18.2 Å². The summed E-state index contributed by atoms with van der Waals surface area (Å²) in [5, 5.41) is 13.7. The number of benzene rings is 1. The third kappa shape index (κ3) is 5.13. The van der Waals surface area contributed by atoms with E-state index in [1.54, 1.807) is 6.92 Å². The number of urea groups is 1. The molecule has 0 spiro atoms. The number of rotatable bonds is 5. The fraction of sp³-hybridized carbons (Fsp3) is 0.333. The fourth-order valence-corrected chi connectivity index (χ4v) is 1.46. The molecule has 104 valence electrons. The van der Waals surface area contributed by atoms with Gasteiger partial charge in [-0.05, 0) is 24.6 Å². The summed E-state index contributed by atoms with van der Waals surface area (Å²) >= 11 is 5.68. The molecule has 0 saturated carbocycles. The molecule has 0 heterocycles. The van der Waals surface area contributed by atoms with Gasteiger partial charge in [0.05, 0.1) is 11.6 Å². The molecule has 3 N–H and O–H groups in total. The largest absolute Gasteiger partial charge is 0.481 e. The summed E-state index contributed by atoms with van der Waals surface area (Å²) in [6.07, 6.45) is 0.292. The number of carboxylic acids is 1. The number of carbonyl (C=O) groups excluding carboxylic acids is 1. The first-order valence-electron chi connectivity index (χ1n) is 5.63. The van der Waals surface area contributed by atoms with Gasteiger partial charge in [0.15, 0.2) is 0 Å². The van der Waals surface area contributed by atoms with Crippen LogP contribution in [0.4, 0.5) is 14.9 Å². The molecule has 0 aliphatic heterocycles. The van der Waals surface area contributed by atoms with E-state index in [0.717, 1.165) is 6.07 Å². The van der Waals surface area contributed by atoms with Crippen molar-refractivity contribution in [1.82, 2.24) is 5.32 Å². The normalized spacial score (nSPS) is 11.7. The van der Waals surface area contributed by atoms with Crippen molar-refractivity contribution in [2.45, 2.75) is 13.3 Å². The molecule has 1 aromatic rings. The van der Waals surface area contributed by atoms with Gasteiger partial charge in [-0.25, -0.2) is 9.18 Å². The van der Waals surface area contributed by atoms with Gasteiger partial charge in [0.2, 0.25) is 0 Å². The Balaban J connectivity index is 2.43. The van der Waals surface area contributed by atoms with Gasteiger partial charge >= 0.3 is 12.0 Å². The van der Waals surface area contributed by atoms with Crippen molar-refractivity contribution < 1.29 is 19.1 Å². The number of nitrogens with one attached hydrogen (secondary N) is 2. The summed E-state index contributed by atoms with van der Waals surface area (Å²) in [7, 11) is 0. The molecule has 0 saturated heterocycles. The first-order valence-corrected chi connectivity index (χ1v) is 6.00. The molecule has 5 nitrogen and oxygen atoms in total. The van der Waals surface area contributed by atoms with Crippen LogP contribution in [0.25, 0.3) is 0 Å². The van der Waals surface area contributed by atoms with Crippen LogP contribution in [-0.4, -0.2) is 23.7 Å². The van der Waals surface area contributed by atoms with Crippen LogP contribution in [0.3, 0.4) is 0 Å². The monoisotopic (exact) mass is 288 g/mol. The summed E-state index contributed by atoms with van der Waals surface area (Å²) < 4.78 is 13.3. The summed E-state index contributed by atoms with van der Waals surface area (Å²) in [6.45, 7) is 1.72. The zero-order chi connectivity index (χ0) is 14.4. The molecular weight excluding hydrogens is 275 g/mol. The third-order valence-corrected chi connectivity index (χ3v) is 2.70. The van der Waals surface area contributed by atoms with Gasteiger partial charge in [0.1, 0.15) is 5.82 Å². The van der Waals surface area contributed by atoms with Gasteiger partial charge in [-0.3, -0.25) is 4.79 Å². The van der Waals surface area contributed by atoms with Crippen molar-refractivity contribution in [3.8, 4) is 0 Å². The van der Waals surface area contributed by atoms with E-state index < -0.39 is 23.7 Å². The molecule has 0 fully saturated rings. The smallest absolute Gasteiger partial charge is 0.319 e. The lowest BCUT2D eigenvalue weighted by molar-refractivity contribution is -0.141. The zero-order valence-corrected chi connectivity index (χ0v) is 11.0. The molecule has 1 rings (SSSR count). The molecular formula is C12H14ClFN2O3. The average molecular weight is 289 g/mol. The van der Waals surface area contributed by atoms with Crippen molar-refractivity contribution >= 4 is 29.3 Å². The first kappa shape index (κ1) is 15.2. The lowest BCUT2D eigenvalue weighted by Crippen LogP contribution is -2.31. The number of aliphatic carboxylic acids is 1. The maximum atomic E-state index is 13.3. The first-order chi connectivity index (χ1) is 8.90. The van der Waals surface area contributed by atoms with Crippen LogP contribution in [-0.2, 0) is 4.79 Å². The topological polar surface area (TPSA) is 78.4 Å². The fourth-order valence-electron chi connectivity index (χ4n) is 1.29. The van der Waals surface area contributed by atoms with Crippen molar-refractivity contribution in [1.29, 1.82) is 0 Å². The quantitative estimate of drug-likeness (QED) is 0.779. The van der Waals surface area contributed by atoms with Crippen LogP contribution in [0.5, 0.6) is 0 Å². The molecule has 2 amide bonds. The summed E-state index contributed by atoms with van der Waals surface area (Å²) in [5.41, 5.74) is -0.0312. The predicted molar refractivity (Wildman–Crippen MR) is 69.8 cm³/mol. The molecule has 0 aliphatic rings. The Labute approximate surface area is 114 Å². The Bertz CT molecular complexity index is 482. The molecule has 0 radical (unpaired) electrons. The predicted octanol–water partition coefficient (Wildman–Crippen LogP) is 2.71. The number of carbonyl (C=O) groups is 2. The Hall–Kier alpha value is -1.82. The lowest BCUT2D eigenvalue weighted by Gasteiger charge is -2.10. The van der Waals surface area contributed by atoms with E-state index in [1.807, 2.05) is 0 Å². The van der Waals surface area contributed by atoms with E-state index >= 15 is 0 Å².